The molecule has 0 bridgehead atoms. The first kappa shape index (κ1) is 15.2. The molecule has 0 radical (unpaired) electrons. The van der Waals surface area contributed by atoms with Crippen molar-refractivity contribution in [1.29, 1.82) is 0 Å². The van der Waals surface area contributed by atoms with Crippen LogP contribution < -0.4 is 0 Å². The number of hydrogen-bond donors (Lipinski definition) is 0. The largest absolute Gasteiger partial charge is 0.463 e. The summed E-state index contributed by atoms with van der Waals surface area (Å²) >= 11 is 5.93. The van der Waals surface area contributed by atoms with E-state index in [9.17, 15) is 9.18 Å². The van der Waals surface area contributed by atoms with Gasteiger partial charge in [-0.1, -0.05) is 18.5 Å². The maximum Gasteiger partial charge on any atom is 0.302 e. The van der Waals surface area contributed by atoms with Gasteiger partial charge in [-0.2, -0.15) is 0 Å². The van der Waals surface area contributed by atoms with Crippen molar-refractivity contribution in [3.05, 3.63) is 23.5 Å². The van der Waals surface area contributed by atoms with Gasteiger partial charge in [-0.15, -0.1) is 0 Å². The van der Waals surface area contributed by atoms with Gasteiger partial charge < -0.3 is 14.0 Å². The Labute approximate surface area is 131 Å². The molecule has 3 rings (SSSR count). The molecule has 1 fully saturated rings. The summed E-state index contributed by atoms with van der Waals surface area (Å²) in [5.41, 5.74) is 0.391. The van der Waals surface area contributed by atoms with Crippen LogP contribution in [0, 0.1) is 11.7 Å². The Morgan fingerprint density at radius 2 is 2.36 bits per heavy atom. The molecule has 0 unspecified atom stereocenters. The quantitative estimate of drug-likeness (QED) is 0.640. The Bertz CT molecular complexity index is 721. The second-order valence-electron chi connectivity index (χ2n) is 5.41. The second kappa shape index (κ2) is 5.81. The van der Waals surface area contributed by atoms with Crippen molar-refractivity contribution in [3.63, 3.8) is 0 Å². The molecule has 3 heterocycles. The number of aromatic nitrogens is 3. The van der Waals surface area contributed by atoms with Crippen molar-refractivity contribution in [3.8, 4) is 0 Å². The van der Waals surface area contributed by atoms with Crippen LogP contribution in [0.2, 0.25) is 5.15 Å². The van der Waals surface area contributed by atoms with Crippen LogP contribution in [0.1, 0.15) is 26.5 Å². The van der Waals surface area contributed by atoms with Crippen molar-refractivity contribution >= 4 is 28.6 Å². The molecular weight excluding hydrogens is 313 g/mol. The Morgan fingerprint density at radius 3 is 3.09 bits per heavy atom. The molecule has 0 aromatic carbocycles. The highest BCUT2D eigenvalue weighted by molar-refractivity contribution is 6.34. The first-order valence-electron chi connectivity index (χ1n) is 6.92. The summed E-state index contributed by atoms with van der Waals surface area (Å²) in [6, 6.07) is 0. The van der Waals surface area contributed by atoms with Crippen molar-refractivity contribution in [2.24, 2.45) is 5.92 Å². The topological polar surface area (TPSA) is 66.2 Å². The van der Waals surface area contributed by atoms with Crippen LogP contribution in [0.4, 0.5) is 4.39 Å². The summed E-state index contributed by atoms with van der Waals surface area (Å²) in [6.07, 6.45) is 2.70. The third-order valence-corrected chi connectivity index (χ3v) is 4.00. The van der Waals surface area contributed by atoms with E-state index in [1.165, 1.54) is 19.4 Å². The fourth-order valence-corrected chi connectivity index (χ4v) is 2.99. The fourth-order valence-electron chi connectivity index (χ4n) is 2.77. The summed E-state index contributed by atoms with van der Waals surface area (Å²) < 4.78 is 26.6. The highest BCUT2D eigenvalue weighted by Gasteiger charge is 2.35. The molecule has 6 nitrogen and oxygen atoms in total. The summed E-state index contributed by atoms with van der Waals surface area (Å²) in [5.74, 6) is -0.721. The monoisotopic (exact) mass is 327 g/mol. The van der Waals surface area contributed by atoms with Crippen molar-refractivity contribution in [2.75, 3.05) is 6.61 Å². The number of carbonyl (C=O) groups excluding carboxylic acids is 1. The average molecular weight is 328 g/mol. The molecule has 0 N–H and O–H groups in total. The zero-order valence-electron chi connectivity index (χ0n) is 12.1. The van der Waals surface area contributed by atoms with Crippen LogP contribution in [0.15, 0.2) is 12.5 Å². The van der Waals surface area contributed by atoms with Crippen LogP contribution in [0.25, 0.3) is 11.0 Å². The van der Waals surface area contributed by atoms with Gasteiger partial charge >= 0.3 is 5.97 Å². The van der Waals surface area contributed by atoms with Crippen molar-refractivity contribution < 1.29 is 18.7 Å². The molecule has 118 valence electrons. The molecule has 3 atom stereocenters. The molecular formula is C14H15ClFN3O3. The minimum Gasteiger partial charge on any atom is -0.463 e. The number of hydrogen-bond acceptors (Lipinski definition) is 5. The van der Waals surface area contributed by atoms with Crippen molar-refractivity contribution in [2.45, 2.75) is 32.6 Å². The van der Waals surface area contributed by atoms with Gasteiger partial charge in [-0.3, -0.25) is 4.79 Å². The Kier molecular flexibility index (Phi) is 4.01. The van der Waals surface area contributed by atoms with Gasteiger partial charge in [-0.25, -0.2) is 14.4 Å². The maximum absolute atomic E-state index is 14.1. The van der Waals surface area contributed by atoms with Gasteiger partial charge in [0, 0.05) is 19.0 Å². The Hall–Kier alpha value is -1.73. The van der Waals surface area contributed by atoms with Gasteiger partial charge in [0.05, 0.1) is 11.5 Å². The van der Waals surface area contributed by atoms with E-state index in [4.69, 9.17) is 21.1 Å². The predicted molar refractivity (Wildman–Crippen MR) is 76.8 cm³/mol. The standard InChI is InChI=1S/C14H15ClFN3O3/c1-7-3-9(5-21-8(2)20)22-14(7)19-4-10(16)11-12(15)17-6-18-13(11)19/h4,6-7,9,14H,3,5H2,1-2H3/t7-,9-,14+/m0/s1. The molecule has 1 saturated heterocycles. The zero-order chi connectivity index (χ0) is 15.9. The minimum atomic E-state index is -0.486. The third kappa shape index (κ3) is 2.66. The summed E-state index contributed by atoms with van der Waals surface area (Å²) in [6.45, 7) is 3.53. The van der Waals surface area contributed by atoms with Gasteiger partial charge in [0.25, 0.3) is 0 Å². The van der Waals surface area contributed by atoms with E-state index < -0.39 is 12.0 Å². The molecule has 2 aromatic heterocycles. The summed E-state index contributed by atoms with van der Waals surface area (Å²) in [4.78, 5) is 18.8. The van der Waals surface area contributed by atoms with E-state index in [0.717, 1.165) is 0 Å². The van der Waals surface area contributed by atoms with Crippen LogP contribution >= 0.6 is 11.6 Å². The molecule has 22 heavy (non-hydrogen) atoms. The number of fused-ring (bicyclic) bond motifs is 1. The van der Waals surface area contributed by atoms with E-state index >= 15 is 0 Å². The third-order valence-electron chi connectivity index (χ3n) is 3.72. The minimum absolute atomic E-state index is 0.0726. The number of ether oxygens (including phenoxy) is 2. The lowest BCUT2D eigenvalue weighted by molar-refractivity contribution is -0.145. The number of nitrogens with zero attached hydrogens (tertiary/aromatic N) is 3. The smallest absolute Gasteiger partial charge is 0.302 e. The number of rotatable bonds is 3. The highest BCUT2D eigenvalue weighted by atomic mass is 35.5. The van der Waals surface area contributed by atoms with Crippen LogP contribution in [0.5, 0.6) is 0 Å². The average Bonchev–Trinajstić information content (AvgIpc) is 2.98. The number of carbonyl (C=O) groups is 1. The molecule has 0 spiro atoms. The lowest BCUT2D eigenvalue weighted by Gasteiger charge is -2.18. The molecule has 0 aliphatic carbocycles. The van der Waals surface area contributed by atoms with E-state index in [2.05, 4.69) is 9.97 Å². The summed E-state index contributed by atoms with van der Waals surface area (Å²) in [5, 5.41) is 0.256. The van der Waals surface area contributed by atoms with Gasteiger partial charge in [-0.05, 0) is 6.42 Å². The molecule has 0 amide bonds. The van der Waals surface area contributed by atoms with E-state index in [1.54, 1.807) is 4.57 Å². The first-order chi connectivity index (χ1) is 10.5. The van der Waals surface area contributed by atoms with Crippen LogP contribution in [-0.2, 0) is 14.3 Å². The Balaban J connectivity index is 1.88. The van der Waals surface area contributed by atoms with E-state index in [1.807, 2.05) is 6.92 Å². The van der Waals surface area contributed by atoms with Crippen molar-refractivity contribution in [1.82, 2.24) is 14.5 Å². The molecule has 0 saturated carbocycles. The second-order valence-corrected chi connectivity index (χ2v) is 5.77. The lowest BCUT2D eigenvalue weighted by atomic mass is 10.1. The molecule has 2 aromatic rings. The predicted octanol–water partition coefficient (Wildman–Crippen LogP) is 2.71. The normalized spacial score (nSPS) is 24.8. The molecule has 8 heteroatoms. The Morgan fingerprint density at radius 1 is 1.59 bits per heavy atom. The maximum atomic E-state index is 14.1. The number of halogens is 2. The fraction of sp³-hybridized carbons (Fsp3) is 0.500. The first-order valence-corrected chi connectivity index (χ1v) is 7.30. The SMILES string of the molecule is CC(=O)OC[C@@H]1C[C@H](C)[C@H](n2cc(F)c3c(Cl)ncnc32)O1. The zero-order valence-corrected chi connectivity index (χ0v) is 12.9. The van der Waals surface area contributed by atoms with Gasteiger partial charge in [0.15, 0.2) is 5.82 Å². The van der Waals surface area contributed by atoms with E-state index in [0.29, 0.717) is 12.1 Å². The molecule has 1 aliphatic heterocycles. The van der Waals surface area contributed by atoms with Crippen LogP contribution in [0.3, 0.4) is 0 Å². The highest BCUT2D eigenvalue weighted by Crippen LogP contribution is 2.37. The molecule has 1 aliphatic rings. The van der Waals surface area contributed by atoms with Crippen LogP contribution in [-0.4, -0.2) is 33.2 Å². The van der Waals surface area contributed by atoms with Gasteiger partial charge in [0.1, 0.15) is 30.0 Å². The van der Waals surface area contributed by atoms with E-state index in [-0.39, 0.29) is 35.1 Å². The summed E-state index contributed by atoms with van der Waals surface area (Å²) in [7, 11) is 0. The number of esters is 1. The lowest BCUT2D eigenvalue weighted by Crippen LogP contribution is -2.18. The van der Waals surface area contributed by atoms with Gasteiger partial charge in [0.2, 0.25) is 0 Å².